The van der Waals surface area contributed by atoms with E-state index in [-0.39, 0.29) is 11.1 Å². The topological polar surface area (TPSA) is 75.6 Å². The number of aromatic carboxylic acids is 1. The van der Waals surface area contributed by atoms with Gasteiger partial charge in [0.25, 0.3) is 5.91 Å². The van der Waals surface area contributed by atoms with Gasteiger partial charge in [-0.15, -0.1) is 0 Å². The molecule has 0 spiro atoms. The van der Waals surface area contributed by atoms with Gasteiger partial charge in [-0.1, -0.05) is 84.9 Å². The van der Waals surface area contributed by atoms with E-state index in [0.29, 0.717) is 34.6 Å². The summed E-state index contributed by atoms with van der Waals surface area (Å²) >= 11 is 0. The third kappa shape index (κ3) is 4.81. The number of carboxylic acids is 1. The van der Waals surface area contributed by atoms with E-state index in [9.17, 15) is 14.7 Å². The van der Waals surface area contributed by atoms with Crippen molar-refractivity contribution in [3.8, 4) is 16.9 Å². The number of anilines is 1. The number of nitrogens with one attached hydrogen (secondary N) is 1. The number of carboxylic acid groups (broad SMARTS) is 1. The summed E-state index contributed by atoms with van der Waals surface area (Å²) in [6.45, 7) is 0.395. The van der Waals surface area contributed by atoms with Gasteiger partial charge in [0.1, 0.15) is 12.4 Å². The minimum Gasteiger partial charge on any atom is -0.489 e. The van der Waals surface area contributed by atoms with E-state index in [1.807, 2.05) is 84.9 Å². The molecule has 36 heavy (non-hydrogen) atoms. The standard InChI is InChI=1S/C31H23NO4/c33-30(32-24-14-8-3-9-15-24)27-19-23-18-25(36-20-21-10-4-1-5-11-21)16-17-26(23)28(29(27)31(34)35)22-12-6-2-7-13-22/h1-19H,20H2,(H,32,33)(H,34,35). The first-order valence-electron chi connectivity index (χ1n) is 11.5. The summed E-state index contributed by atoms with van der Waals surface area (Å²) in [5, 5.41) is 14.5. The van der Waals surface area contributed by atoms with Crippen LogP contribution in [0.3, 0.4) is 0 Å². The van der Waals surface area contributed by atoms with E-state index in [0.717, 1.165) is 10.9 Å². The van der Waals surface area contributed by atoms with Crippen LogP contribution in [-0.4, -0.2) is 17.0 Å². The number of hydrogen-bond acceptors (Lipinski definition) is 3. The molecule has 0 heterocycles. The molecule has 0 aliphatic heterocycles. The van der Waals surface area contributed by atoms with Crippen LogP contribution < -0.4 is 10.1 Å². The zero-order valence-electron chi connectivity index (χ0n) is 19.3. The van der Waals surface area contributed by atoms with Gasteiger partial charge in [0, 0.05) is 11.3 Å². The molecule has 0 aliphatic rings. The molecular formula is C31H23NO4. The van der Waals surface area contributed by atoms with Crippen molar-refractivity contribution in [2.75, 3.05) is 5.32 Å². The summed E-state index contributed by atoms with van der Waals surface area (Å²) in [7, 11) is 0. The maximum Gasteiger partial charge on any atom is 0.337 e. The van der Waals surface area contributed by atoms with Crippen LogP contribution in [0.5, 0.6) is 5.75 Å². The summed E-state index contributed by atoms with van der Waals surface area (Å²) in [6, 6.07) is 35.2. The molecule has 5 rings (SSSR count). The first kappa shape index (κ1) is 22.9. The average molecular weight is 474 g/mol. The number of ether oxygens (including phenoxy) is 1. The molecule has 5 heteroatoms. The van der Waals surface area contributed by atoms with Gasteiger partial charge in [0.15, 0.2) is 0 Å². The normalized spacial score (nSPS) is 10.7. The van der Waals surface area contributed by atoms with Crippen molar-refractivity contribution in [1.29, 1.82) is 0 Å². The second kappa shape index (κ2) is 10.2. The lowest BCUT2D eigenvalue weighted by molar-refractivity contribution is 0.0693. The van der Waals surface area contributed by atoms with Crippen LogP contribution in [0.15, 0.2) is 115 Å². The smallest absolute Gasteiger partial charge is 0.337 e. The average Bonchev–Trinajstić information content (AvgIpc) is 2.92. The molecule has 0 saturated carbocycles. The molecular weight excluding hydrogens is 450 g/mol. The molecule has 0 atom stereocenters. The van der Waals surface area contributed by atoms with Gasteiger partial charge in [0.05, 0.1) is 11.1 Å². The number of fused-ring (bicyclic) bond motifs is 1. The van der Waals surface area contributed by atoms with Gasteiger partial charge >= 0.3 is 5.97 Å². The summed E-state index contributed by atoms with van der Waals surface area (Å²) in [5.74, 6) is -1.03. The van der Waals surface area contributed by atoms with Gasteiger partial charge in [-0.3, -0.25) is 4.79 Å². The lowest BCUT2D eigenvalue weighted by Crippen LogP contribution is -2.17. The van der Waals surface area contributed by atoms with Crippen LogP contribution in [0.1, 0.15) is 26.3 Å². The third-order valence-electron chi connectivity index (χ3n) is 5.91. The Kier molecular flexibility index (Phi) is 6.45. The predicted octanol–water partition coefficient (Wildman–Crippen LogP) is 7.04. The Morgan fingerprint density at radius 1 is 0.750 bits per heavy atom. The molecule has 5 aromatic carbocycles. The quantitative estimate of drug-likeness (QED) is 0.266. The monoisotopic (exact) mass is 473 g/mol. The number of carbonyl (C=O) groups is 2. The second-order valence-corrected chi connectivity index (χ2v) is 8.32. The molecule has 5 nitrogen and oxygen atoms in total. The number of amides is 1. The molecule has 0 radical (unpaired) electrons. The van der Waals surface area contributed by atoms with Gasteiger partial charge in [-0.05, 0) is 52.2 Å². The molecule has 0 saturated heterocycles. The molecule has 0 bridgehead atoms. The van der Waals surface area contributed by atoms with Gasteiger partial charge < -0.3 is 15.2 Å². The minimum absolute atomic E-state index is 0.0416. The predicted molar refractivity (Wildman–Crippen MR) is 142 cm³/mol. The Hall–Kier alpha value is -4.90. The summed E-state index contributed by atoms with van der Waals surface area (Å²) in [6.07, 6.45) is 0. The molecule has 0 aliphatic carbocycles. The molecule has 0 aromatic heterocycles. The minimum atomic E-state index is -1.17. The maximum atomic E-state index is 13.4. The number of carbonyl (C=O) groups excluding carboxylic acids is 1. The van der Waals surface area contributed by atoms with Crippen molar-refractivity contribution in [3.05, 3.63) is 132 Å². The number of benzene rings is 5. The molecule has 0 unspecified atom stereocenters. The van der Waals surface area contributed by atoms with Crippen molar-refractivity contribution < 1.29 is 19.4 Å². The van der Waals surface area contributed by atoms with Gasteiger partial charge in [0.2, 0.25) is 0 Å². The van der Waals surface area contributed by atoms with Crippen LogP contribution in [-0.2, 0) is 6.61 Å². The highest BCUT2D eigenvalue weighted by Gasteiger charge is 2.24. The summed E-state index contributed by atoms with van der Waals surface area (Å²) < 4.78 is 6.00. The number of para-hydroxylation sites is 1. The highest BCUT2D eigenvalue weighted by Crippen LogP contribution is 2.37. The van der Waals surface area contributed by atoms with Crippen molar-refractivity contribution in [1.82, 2.24) is 0 Å². The first-order chi connectivity index (χ1) is 17.6. The van der Waals surface area contributed by atoms with Crippen molar-refractivity contribution >= 4 is 28.3 Å². The Morgan fingerprint density at radius 3 is 2.06 bits per heavy atom. The molecule has 0 fully saturated rings. The van der Waals surface area contributed by atoms with Crippen LogP contribution in [0.4, 0.5) is 5.69 Å². The molecule has 176 valence electrons. The zero-order chi connectivity index (χ0) is 24.9. The third-order valence-corrected chi connectivity index (χ3v) is 5.91. The van der Waals surface area contributed by atoms with E-state index >= 15 is 0 Å². The van der Waals surface area contributed by atoms with Crippen LogP contribution in [0.2, 0.25) is 0 Å². The highest BCUT2D eigenvalue weighted by molar-refractivity contribution is 6.18. The Balaban J connectivity index is 1.64. The van der Waals surface area contributed by atoms with Crippen molar-refractivity contribution in [2.24, 2.45) is 0 Å². The number of hydrogen-bond donors (Lipinski definition) is 2. The van der Waals surface area contributed by atoms with Crippen LogP contribution in [0.25, 0.3) is 21.9 Å². The van der Waals surface area contributed by atoms with Gasteiger partial charge in [-0.25, -0.2) is 4.79 Å². The first-order valence-corrected chi connectivity index (χ1v) is 11.5. The lowest BCUT2D eigenvalue weighted by Gasteiger charge is -2.17. The fraction of sp³-hybridized carbons (Fsp3) is 0.0323. The van der Waals surface area contributed by atoms with Crippen molar-refractivity contribution in [2.45, 2.75) is 6.61 Å². The van der Waals surface area contributed by atoms with E-state index in [1.54, 1.807) is 30.3 Å². The molecule has 2 N–H and O–H groups in total. The maximum absolute atomic E-state index is 13.4. The Bertz CT molecular complexity index is 1530. The van der Waals surface area contributed by atoms with E-state index in [2.05, 4.69) is 5.32 Å². The second-order valence-electron chi connectivity index (χ2n) is 8.32. The Morgan fingerprint density at radius 2 is 1.39 bits per heavy atom. The number of rotatable bonds is 7. The lowest BCUT2D eigenvalue weighted by atomic mass is 9.89. The summed E-state index contributed by atoms with van der Waals surface area (Å²) in [4.78, 5) is 25.9. The van der Waals surface area contributed by atoms with E-state index < -0.39 is 11.9 Å². The SMILES string of the molecule is O=C(Nc1ccccc1)c1cc2cc(OCc3ccccc3)ccc2c(-c2ccccc2)c1C(=O)O. The van der Waals surface area contributed by atoms with E-state index in [1.165, 1.54) is 0 Å². The van der Waals surface area contributed by atoms with Crippen LogP contribution in [0, 0.1) is 0 Å². The fourth-order valence-corrected chi connectivity index (χ4v) is 4.24. The molecule has 1 amide bonds. The Labute approximate surface area is 208 Å². The highest BCUT2D eigenvalue weighted by atomic mass is 16.5. The largest absolute Gasteiger partial charge is 0.489 e. The summed E-state index contributed by atoms with van der Waals surface area (Å²) in [5.41, 5.74) is 2.87. The fourth-order valence-electron chi connectivity index (χ4n) is 4.24. The van der Waals surface area contributed by atoms with E-state index in [4.69, 9.17) is 4.74 Å². The van der Waals surface area contributed by atoms with Crippen molar-refractivity contribution in [3.63, 3.8) is 0 Å². The molecule has 5 aromatic rings. The van der Waals surface area contributed by atoms with Crippen LogP contribution >= 0.6 is 0 Å². The van der Waals surface area contributed by atoms with Gasteiger partial charge in [-0.2, -0.15) is 0 Å². The zero-order valence-corrected chi connectivity index (χ0v) is 19.3.